The molecule has 1 aromatic carbocycles. The number of fused-ring (bicyclic) bond motifs is 1. The number of aromatic nitrogens is 4. The van der Waals surface area contributed by atoms with Crippen molar-refractivity contribution >= 4 is 17.0 Å². The number of nitrogen functional groups attached to an aromatic ring is 1. The Bertz CT molecular complexity index is 759. The first kappa shape index (κ1) is 11.6. The molecular formula is C12H11F2N5. The van der Waals surface area contributed by atoms with E-state index >= 15 is 0 Å². The maximum absolute atomic E-state index is 13.9. The van der Waals surface area contributed by atoms with Crippen LogP contribution in [-0.2, 0) is 13.6 Å². The van der Waals surface area contributed by atoms with Gasteiger partial charge >= 0.3 is 0 Å². The first-order valence-corrected chi connectivity index (χ1v) is 5.63. The summed E-state index contributed by atoms with van der Waals surface area (Å²) >= 11 is 0. The Balaban J connectivity index is 2.17. The molecule has 2 aromatic heterocycles. The molecule has 19 heavy (non-hydrogen) atoms. The second-order valence-electron chi connectivity index (χ2n) is 4.31. The summed E-state index contributed by atoms with van der Waals surface area (Å²) in [5, 5.41) is 4.02. The number of hydrogen-bond donors (Lipinski definition) is 1. The van der Waals surface area contributed by atoms with Crippen LogP contribution in [0.4, 0.5) is 14.7 Å². The van der Waals surface area contributed by atoms with Crippen molar-refractivity contribution in [2.75, 3.05) is 5.73 Å². The van der Waals surface area contributed by atoms with Crippen molar-refractivity contribution in [3.05, 3.63) is 41.7 Å². The Morgan fingerprint density at radius 2 is 2.11 bits per heavy atom. The van der Waals surface area contributed by atoms with Crippen molar-refractivity contribution in [3.63, 3.8) is 0 Å². The molecule has 7 heteroatoms. The van der Waals surface area contributed by atoms with E-state index in [9.17, 15) is 8.78 Å². The van der Waals surface area contributed by atoms with Gasteiger partial charge in [-0.2, -0.15) is 5.10 Å². The van der Waals surface area contributed by atoms with Crippen molar-refractivity contribution < 1.29 is 8.78 Å². The van der Waals surface area contributed by atoms with E-state index in [1.54, 1.807) is 24.1 Å². The third-order valence-corrected chi connectivity index (χ3v) is 2.93. The van der Waals surface area contributed by atoms with Crippen molar-refractivity contribution in [2.45, 2.75) is 6.54 Å². The summed E-state index contributed by atoms with van der Waals surface area (Å²) in [5.41, 5.74) is 7.00. The molecule has 0 amide bonds. The zero-order valence-corrected chi connectivity index (χ0v) is 10.1. The zero-order chi connectivity index (χ0) is 13.6. The SMILES string of the molecule is Cn1cc(Cn2c(N)nc3ccc(F)c(F)c32)cn1. The van der Waals surface area contributed by atoms with E-state index in [1.165, 1.54) is 10.6 Å². The molecule has 3 rings (SSSR count). The highest BCUT2D eigenvalue weighted by atomic mass is 19.2. The van der Waals surface area contributed by atoms with E-state index in [4.69, 9.17) is 5.73 Å². The molecule has 0 aliphatic heterocycles. The zero-order valence-electron chi connectivity index (χ0n) is 10.1. The number of anilines is 1. The molecule has 2 heterocycles. The van der Waals surface area contributed by atoms with E-state index in [1.807, 2.05) is 0 Å². The van der Waals surface area contributed by atoms with Gasteiger partial charge in [0.2, 0.25) is 5.95 Å². The number of benzene rings is 1. The van der Waals surface area contributed by atoms with Crippen LogP contribution in [0.3, 0.4) is 0 Å². The molecule has 0 unspecified atom stereocenters. The van der Waals surface area contributed by atoms with Gasteiger partial charge in [-0.05, 0) is 12.1 Å². The van der Waals surface area contributed by atoms with Gasteiger partial charge in [-0.25, -0.2) is 13.8 Å². The summed E-state index contributed by atoms with van der Waals surface area (Å²) in [4.78, 5) is 4.02. The molecule has 98 valence electrons. The highest BCUT2D eigenvalue weighted by Crippen LogP contribution is 2.23. The van der Waals surface area contributed by atoms with Gasteiger partial charge in [-0.3, -0.25) is 4.68 Å². The molecule has 2 N–H and O–H groups in total. The summed E-state index contributed by atoms with van der Waals surface area (Å²) in [6.45, 7) is 0.288. The van der Waals surface area contributed by atoms with Gasteiger partial charge in [0.25, 0.3) is 0 Å². The monoisotopic (exact) mass is 263 g/mol. The minimum atomic E-state index is -0.939. The average Bonchev–Trinajstić information content (AvgIpc) is 2.90. The van der Waals surface area contributed by atoms with Crippen LogP contribution in [0.15, 0.2) is 24.5 Å². The van der Waals surface area contributed by atoms with Gasteiger partial charge in [0.05, 0.1) is 18.3 Å². The lowest BCUT2D eigenvalue weighted by Gasteiger charge is -2.05. The fraction of sp³-hybridized carbons (Fsp3) is 0.167. The number of aryl methyl sites for hydroxylation is 1. The van der Waals surface area contributed by atoms with Gasteiger partial charge in [-0.1, -0.05) is 0 Å². The second-order valence-corrected chi connectivity index (χ2v) is 4.31. The molecule has 0 atom stereocenters. The lowest BCUT2D eigenvalue weighted by molar-refractivity contribution is 0.512. The third kappa shape index (κ3) is 1.83. The summed E-state index contributed by atoms with van der Waals surface area (Å²) in [6, 6.07) is 2.45. The maximum Gasteiger partial charge on any atom is 0.201 e. The highest BCUT2D eigenvalue weighted by Gasteiger charge is 2.16. The Labute approximate surface area is 107 Å². The van der Waals surface area contributed by atoms with E-state index in [0.717, 1.165) is 11.6 Å². The Morgan fingerprint density at radius 1 is 1.32 bits per heavy atom. The molecular weight excluding hydrogens is 252 g/mol. The standard InChI is InChI=1S/C12H11F2N5/c1-18-5-7(4-16-18)6-19-11-9(17-12(19)15)3-2-8(13)10(11)14/h2-5H,6H2,1H3,(H2,15,17). The number of nitrogens with two attached hydrogens (primary N) is 1. The van der Waals surface area contributed by atoms with Crippen LogP contribution in [0, 0.1) is 11.6 Å². The van der Waals surface area contributed by atoms with Gasteiger partial charge < -0.3 is 10.3 Å². The first-order chi connectivity index (χ1) is 9.06. The Hall–Kier alpha value is -2.44. The summed E-state index contributed by atoms with van der Waals surface area (Å²) in [5.74, 6) is -1.71. The van der Waals surface area contributed by atoms with E-state index in [2.05, 4.69) is 10.1 Å². The first-order valence-electron chi connectivity index (χ1n) is 5.63. The summed E-state index contributed by atoms with van der Waals surface area (Å²) in [7, 11) is 1.78. The number of rotatable bonds is 2. The van der Waals surface area contributed by atoms with Gasteiger partial charge in [0, 0.05) is 18.8 Å². The predicted molar refractivity (Wildman–Crippen MR) is 66.4 cm³/mol. The van der Waals surface area contributed by atoms with E-state index in [0.29, 0.717) is 5.52 Å². The van der Waals surface area contributed by atoms with Crippen LogP contribution in [-0.4, -0.2) is 19.3 Å². The fourth-order valence-electron chi connectivity index (χ4n) is 2.07. The normalized spacial score (nSPS) is 11.3. The quantitative estimate of drug-likeness (QED) is 0.765. The largest absolute Gasteiger partial charge is 0.369 e. The Morgan fingerprint density at radius 3 is 2.79 bits per heavy atom. The van der Waals surface area contributed by atoms with Gasteiger partial charge in [0.15, 0.2) is 11.6 Å². The van der Waals surface area contributed by atoms with Crippen LogP contribution >= 0.6 is 0 Å². The number of imidazole rings is 1. The molecule has 0 bridgehead atoms. The highest BCUT2D eigenvalue weighted by molar-refractivity contribution is 5.79. The Kier molecular flexibility index (Phi) is 2.48. The summed E-state index contributed by atoms with van der Waals surface area (Å²) in [6.07, 6.45) is 3.42. The van der Waals surface area contributed by atoms with Crippen LogP contribution in [0.2, 0.25) is 0 Å². The van der Waals surface area contributed by atoms with Crippen LogP contribution < -0.4 is 5.73 Å². The molecule has 0 saturated carbocycles. The molecule has 0 saturated heterocycles. The predicted octanol–water partition coefficient (Wildman–Crippen LogP) is 1.68. The lowest BCUT2D eigenvalue weighted by atomic mass is 10.2. The number of hydrogen-bond acceptors (Lipinski definition) is 3. The molecule has 0 radical (unpaired) electrons. The van der Waals surface area contributed by atoms with Gasteiger partial charge in [-0.15, -0.1) is 0 Å². The molecule has 0 aliphatic rings. The smallest absolute Gasteiger partial charge is 0.201 e. The summed E-state index contributed by atoms with van der Waals surface area (Å²) < 4.78 is 30.2. The lowest BCUT2D eigenvalue weighted by Crippen LogP contribution is -2.05. The minimum Gasteiger partial charge on any atom is -0.369 e. The molecule has 5 nitrogen and oxygen atoms in total. The minimum absolute atomic E-state index is 0.0707. The molecule has 0 aliphatic carbocycles. The van der Waals surface area contributed by atoms with Crippen molar-refractivity contribution in [3.8, 4) is 0 Å². The molecule has 0 fully saturated rings. The second kappa shape index (κ2) is 4.04. The van der Waals surface area contributed by atoms with Crippen molar-refractivity contribution in [1.82, 2.24) is 19.3 Å². The average molecular weight is 263 g/mol. The number of halogens is 2. The molecule has 0 spiro atoms. The van der Waals surface area contributed by atoms with E-state index in [-0.39, 0.29) is 18.0 Å². The third-order valence-electron chi connectivity index (χ3n) is 2.93. The van der Waals surface area contributed by atoms with Crippen molar-refractivity contribution in [2.24, 2.45) is 7.05 Å². The topological polar surface area (TPSA) is 61.7 Å². The van der Waals surface area contributed by atoms with Crippen molar-refractivity contribution in [1.29, 1.82) is 0 Å². The molecule has 3 aromatic rings. The van der Waals surface area contributed by atoms with Crippen LogP contribution in [0.5, 0.6) is 0 Å². The van der Waals surface area contributed by atoms with E-state index < -0.39 is 11.6 Å². The van der Waals surface area contributed by atoms with Gasteiger partial charge in [0.1, 0.15) is 5.52 Å². The fourth-order valence-corrected chi connectivity index (χ4v) is 2.07. The van der Waals surface area contributed by atoms with Crippen LogP contribution in [0.25, 0.3) is 11.0 Å². The number of nitrogens with zero attached hydrogens (tertiary/aromatic N) is 4. The van der Waals surface area contributed by atoms with Crippen LogP contribution in [0.1, 0.15) is 5.56 Å². The maximum atomic E-state index is 13.9.